The van der Waals surface area contributed by atoms with Gasteiger partial charge in [0.05, 0.1) is 24.1 Å². The Morgan fingerprint density at radius 2 is 1.68 bits per heavy atom. The lowest BCUT2D eigenvalue weighted by Crippen LogP contribution is -2.34. The van der Waals surface area contributed by atoms with Crippen LogP contribution in [0.15, 0.2) is 77.8 Å². The Hall–Kier alpha value is -4.30. The van der Waals surface area contributed by atoms with Gasteiger partial charge in [-0.05, 0) is 68.0 Å². The number of likely N-dealkylation sites (tertiary alicyclic amines) is 1. The number of amides is 2. The molecule has 3 aromatic rings. The average Bonchev–Trinajstić information content (AvgIpc) is 3.56. The van der Waals surface area contributed by atoms with Crippen molar-refractivity contribution in [2.75, 3.05) is 39.6 Å². The first-order chi connectivity index (χ1) is 18.4. The first kappa shape index (κ1) is 25.4. The zero-order valence-corrected chi connectivity index (χ0v) is 21.7. The zero-order chi connectivity index (χ0) is 26.8. The van der Waals surface area contributed by atoms with Crippen LogP contribution in [0, 0.1) is 0 Å². The summed E-state index contributed by atoms with van der Waals surface area (Å²) in [5.74, 6) is -1.34. The van der Waals surface area contributed by atoms with Crippen LogP contribution in [0.1, 0.15) is 44.2 Å². The Balaban J connectivity index is 1.46. The highest BCUT2D eigenvalue weighted by Gasteiger charge is 2.36. The molecule has 194 valence electrons. The van der Waals surface area contributed by atoms with Crippen molar-refractivity contribution < 1.29 is 19.1 Å². The van der Waals surface area contributed by atoms with E-state index in [1.165, 1.54) is 7.11 Å². The largest absolute Gasteiger partial charge is 0.465 e. The van der Waals surface area contributed by atoms with Crippen molar-refractivity contribution in [2.45, 2.75) is 18.4 Å². The van der Waals surface area contributed by atoms with Crippen molar-refractivity contribution in [3.63, 3.8) is 0 Å². The number of anilines is 1. The molecule has 8 nitrogen and oxygen atoms in total. The number of likely N-dealkylation sites (N-methyl/N-ethyl adjacent to an activating group) is 1. The normalized spacial score (nSPS) is 18.9. The predicted molar refractivity (Wildman–Crippen MR) is 146 cm³/mol. The first-order valence-corrected chi connectivity index (χ1v) is 12.6. The molecule has 0 aliphatic carbocycles. The summed E-state index contributed by atoms with van der Waals surface area (Å²) in [5.41, 5.74) is 4.31. The number of fused-ring (bicyclic) bond motifs is 1. The topological polar surface area (TPSA) is 91.3 Å². The number of aliphatic imine (C=N–C) groups is 1. The Kier molecular flexibility index (Phi) is 7.07. The van der Waals surface area contributed by atoms with Crippen molar-refractivity contribution in [3.05, 3.63) is 95.1 Å². The maximum absolute atomic E-state index is 13.2. The minimum atomic E-state index is -0.659. The maximum Gasteiger partial charge on any atom is 0.337 e. The number of ether oxygens (including phenoxy) is 1. The van der Waals surface area contributed by atoms with Crippen LogP contribution in [-0.2, 0) is 9.53 Å². The Bertz CT molecular complexity index is 1400. The molecule has 0 saturated carbocycles. The van der Waals surface area contributed by atoms with Crippen molar-refractivity contribution in [1.29, 1.82) is 0 Å². The first-order valence-electron chi connectivity index (χ1n) is 12.6. The SMILES string of the molecule is COC(=O)c1ccc2c(c1)NC(=O)C2C(=Nc1ccc(C(=O)N2CCC(N(C)C)C2)cc1)c1ccccc1. The summed E-state index contributed by atoms with van der Waals surface area (Å²) >= 11 is 0. The van der Waals surface area contributed by atoms with Gasteiger partial charge in [0, 0.05) is 30.4 Å². The third kappa shape index (κ3) is 4.95. The minimum Gasteiger partial charge on any atom is -0.465 e. The second-order valence-electron chi connectivity index (χ2n) is 9.78. The van der Waals surface area contributed by atoms with Crippen LogP contribution < -0.4 is 5.32 Å². The van der Waals surface area contributed by atoms with Gasteiger partial charge in [-0.3, -0.25) is 14.6 Å². The van der Waals surface area contributed by atoms with Gasteiger partial charge in [0.15, 0.2) is 0 Å². The van der Waals surface area contributed by atoms with Crippen LogP contribution in [0.4, 0.5) is 11.4 Å². The molecule has 8 heteroatoms. The van der Waals surface area contributed by atoms with Gasteiger partial charge in [0.2, 0.25) is 5.91 Å². The average molecular weight is 511 g/mol. The van der Waals surface area contributed by atoms with Crippen molar-refractivity contribution >= 4 is 34.9 Å². The van der Waals surface area contributed by atoms with E-state index >= 15 is 0 Å². The molecule has 0 radical (unpaired) electrons. The number of carbonyl (C=O) groups excluding carboxylic acids is 3. The summed E-state index contributed by atoms with van der Waals surface area (Å²) in [6, 6.07) is 22.2. The molecule has 1 N–H and O–H groups in total. The van der Waals surface area contributed by atoms with E-state index in [9.17, 15) is 14.4 Å². The maximum atomic E-state index is 13.2. The molecule has 1 fully saturated rings. The number of carbonyl (C=O) groups is 3. The quantitative estimate of drug-likeness (QED) is 0.398. The molecule has 0 bridgehead atoms. The Morgan fingerprint density at radius 1 is 0.974 bits per heavy atom. The molecule has 0 aromatic heterocycles. The lowest BCUT2D eigenvalue weighted by molar-refractivity contribution is -0.115. The number of benzene rings is 3. The lowest BCUT2D eigenvalue weighted by Gasteiger charge is -2.20. The third-order valence-corrected chi connectivity index (χ3v) is 7.19. The number of hydrogen-bond donors (Lipinski definition) is 1. The predicted octanol–water partition coefficient (Wildman–Crippen LogP) is 4.11. The summed E-state index contributed by atoms with van der Waals surface area (Å²) in [6.45, 7) is 1.46. The highest BCUT2D eigenvalue weighted by atomic mass is 16.5. The number of nitrogens with one attached hydrogen (secondary N) is 1. The highest BCUT2D eigenvalue weighted by Crippen LogP contribution is 2.37. The Morgan fingerprint density at radius 3 is 2.34 bits per heavy atom. The fourth-order valence-electron chi connectivity index (χ4n) is 5.03. The van der Waals surface area contributed by atoms with Gasteiger partial charge in [0.1, 0.15) is 5.92 Å². The second kappa shape index (κ2) is 10.6. The molecule has 2 atom stereocenters. The Labute approximate surface area is 221 Å². The van der Waals surface area contributed by atoms with E-state index in [0.717, 1.165) is 30.6 Å². The highest BCUT2D eigenvalue weighted by molar-refractivity contribution is 6.24. The van der Waals surface area contributed by atoms with E-state index < -0.39 is 11.9 Å². The van der Waals surface area contributed by atoms with Gasteiger partial charge >= 0.3 is 5.97 Å². The van der Waals surface area contributed by atoms with Crippen LogP contribution in [0.5, 0.6) is 0 Å². The van der Waals surface area contributed by atoms with E-state index in [1.54, 1.807) is 30.3 Å². The molecule has 2 amide bonds. The van der Waals surface area contributed by atoms with Crippen molar-refractivity contribution in [2.24, 2.45) is 4.99 Å². The van der Waals surface area contributed by atoms with E-state index in [0.29, 0.717) is 34.3 Å². The van der Waals surface area contributed by atoms with Crippen LogP contribution in [-0.4, -0.2) is 73.6 Å². The van der Waals surface area contributed by atoms with Gasteiger partial charge in [0.25, 0.3) is 5.91 Å². The van der Waals surface area contributed by atoms with Crippen molar-refractivity contribution in [1.82, 2.24) is 9.80 Å². The molecular formula is C30H30N4O4. The molecule has 2 aliphatic heterocycles. The van der Waals surface area contributed by atoms with Gasteiger partial charge < -0.3 is 19.9 Å². The van der Waals surface area contributed by atoms with E-state index in [1.807, 2.05) is 61.5 Å². The summed E-state index contributed by atoms with van der Waals surface area (Å²) in [4.78, 5) is 47.2. The number of hydrogen-bond acceptors (Lipinski definition) is 6. The van der Waals surface area contributed by atoms with Gasteiger partial charge in [-0.2, -0.15) is 0 Å². The van der Waals surface area contributed by atoms with Crippen LogP contribution >= 0.6 is 0 Å². The van der Waals surface area contributed by atoms with Gasteiger partial charge in [-0.1, -0.05) is 36.4 Å². The lowest BCUT2D eigenvalue weighted by atomic mass is 9.90. The summed E-state index contributed by atoms with van der Waals surface area (Å²) < 4.78 is 4.82. The fourth-order valence-corrected chi connectivity index (χ4v) is 5.03. The smallest absolute Gasteiger partial charge is 0.337 e. The van der Waals surface area contributed by atoms with Crippen LogP contribution in [0.2, 0.25) is 0 Å². The zero-order valence-electron chi connectivity index (χ0n) is 21.7. The summed E-state index contributed by atoms with van der Waals surface area (Å²) in [7, 11) is 5.40. The van der Waals surface area contributed by atoms with Gasteiger partial charge in [-0.25, -0.2) is 4.79 Å². The summed E-state index contributed by atoms with van der Waals surface area (Å²) in [6.07, 6.45) is 0.966. The molecule has 0 spiro atoms. The fraction of sp³-hybridized carbons (Fsp3) is 0.267. The molecule has 1 saturated heterocycles. The molecule has 5 rings (SSSR count). The van der Waals surface area contributed by atoms with Crippen LogP contribution in [0.25, 0.3) is 0 Å². The molecule has 3 aromatic carbocycles. The molecule has 2 unspecified atom stereocenters. The van der Waals surface area contributed by atoms with E-state index in [4.69, 9.17) is 9.73 Å². The number of rotatable bonds is 6. The number of nitrogens with zero attached hydrogens (tertiary/aromatic N) is 3. The third-order valence-electron chi connectivity index (χ3n) is 7.19. The molecule has 38 heavy (non-hydrogen) atoms. The monoisotopic (exact) mass is 510 g/mol. The standard InChI is InChI=1S/C30H30N4O4/c1-33(2)23-15-16-34(18-23)29(36)20-9-12-22(13-10-20)31-27(19-7-5-4-6-8-19)26-24-14-11-21(30(37)38-3)17-25(24)32-28(26)35/h4-14,17,23,26H,15-16,18H2,1-3H3,(H,32,35). The number of methoxy groups -OCH3 is 1. The van der Waals surface area contributed by atoms with E-state index in [-0.39, 0.29) is 11.8 Å². The van der Waals surface area contributed by atoms with Gasteiger partial charge in [-0.15, -0.1) is 0 Å². The molecule has 2 heterocycles. The molecular weight excluding hydrogens is 480 g/mol. The second-order valence-corrected chi connectivity index (χ2v) is 9.78. The minimum absolute atomic E-state index is 0.0127. The molecule has 2 aliphatic rings. The number of esters is 1. The van der Waals surface area contributed by atoms with Crippen LogP contribution in [0.3, 0.4) is 0 Å². The van der Waals surface area contributed by atoms with Crippen molar-refractivity contribution in [3.8, 4) is 0 Å². The van der Waals surface area contributed by atoms with E-state index in [2.05, 4.69) is 10.2 Å². The summed E-state index contributed by atoms with van der Waals surface area (Å²) in [5, 5.41) is 2.89.